The minimum atomic E-state index is -0.205. The van der Waals surface area contributed by atoms with Crippen LogP contribution in [-0.2, 0) is 37.3 Å². The number of hydrogen-bond donors (Lipinski definition) is 1. The highest BCUT2D eigenvalue weighted by atomic mass is 16.2. The van der Waals surface area contributed by atoms with Crippen molar-refractivity contribution in [2.24, 2.45) is 0 Å². The maximum atomic E-state index is 13.4. The molecule has 4 aromatic rings. The monoisotopic (exact) mass is 475 g/mol. The summed E-state index contributed by atoms with van der Waals surface area (Å²) in [4.78, 5) is 20.0. The molecule has 1 aliphatic rings. The summed E-state index contributed by atoms with van der Waals surface area (Å²) in [7, 11) is 0. The SMILES string of the molecule is N#Cc1ccc(Cn2cncc2CCNC(=O)[C@@H]2Cc3ccccc3CN2Cc2ccccc2)cc1. The molecular weight excluding hydrogens is 446 g/mol. The third kappa shape index (κ3) is 5.54. The number of benzene rings is 3. The lowest BCUT2D eigenvalue weighted by Gasteiger charge is -2.36. The molecule has 0 spiro atoms. The van der Waals surface area contributed by atoms with E-state index >= 15 is 0 Å². The van der Waals surface area contributed by atoms with Gasteiger partial charge in [-0.15, -0.1) is 0 Å². The van der Waals surface area contributed by atoms with Gasteiger partial charge in [0.25, 0.3) is 0 Å². The van der Waals surface area contributed by atoms with Gasteiger partial charge in [0, 0.05) is 44.5 Å². The summed E-state index contributed by atoms with van der Waals surface area (Å²) in [5, 5.41) is 12.2. The summed E-state index contributed by atoms with van der Waals surface area (Å²) in [6, 6.07) is 28.3. The number of fused-ring (bicyclic) bond motifs is 1. The molecule has 1 aliphatic heterocycles. The fourth-order valence-corrected chi connectivity index (χ4v) is 4.83. The van der Waals surface area contributed by atoms with Gasteiger partial charge in [0.1, 0.15) is 0 Å². The standard InChI is InChI=1S/C30H29N5O/c31-17-23-10-12-25(13-11-23)20-35-22-32-18-28(35)14-15-33-30(36)29-16-26-8-4-5-9-27(26)21-34(29)19-24-6-2-1-3-7-24/h1-13,18,22,29H,14-16,19-21H2,(H,33,36)/t29-/m0/s1. The number of nitriles is 1. The van der Waals surface area contributed by atoms with Crippen LogP contribution in [0, 0.1) is 11.3 Å². The van der Waals surface area contributed by atoms with Crippen molar-refractivity contribution in [3.05, 3.63) is 125 Å². The summed E-state index contributed by atoms with van der Waals surface area (Å²) < 4.78 is 2.09. The normalized spacial score (nSPS) is 15.1. The molecule has 0 aliphatic carbocycles. The number of carbonyl (C=O) groups excluding carboxylic acids is 1. The van der Waals surface area contributed by atoms with E-state index in [9.17, 15) is 4.79 Å². The molecule has 0 saturated heterocycles. The van der Waals surface area contributed by atoms with E-state index in [2.05, 4.69) is 62.2 Å². The number of carbonyl (C=O) groups is 1. The Morgan fingerprint density at radius 1 is 0.944 bits per heavy atom. The van der Waals surface area contributed by atoms with Gasteiger partial charge >= 0.3 is 0 Å². The van der Waals surface area contributed by atoms with Crippen molar-refractivity contribution in [2.45, 2.75) is 38.5 Å². The van der Waals surface area contributed by atoms with Crippen molar-refractivity contribution >= 4 is 5.91 Å². The van der Waals surface area contributed by atoms with Crippen molar-refractivity contribution in [1.29, 1.82) is 5.26 Å². The predicted octanol–water partition coefficient (Wildman–Crippen LogP) is 4.09. The van der Waals surface area contributed by atoms with Gasteiger partial charge in [-0.05, 0) is 40.8 Å². The van der Waals surface area contributed by atoms with E-state index in [0.29, 0.717) is 31.5 Å². The Kier molecular flexibility index (Phi) is 7.20. The maximum absolute atomic E-state index is 13.4. The Bertz CT molecular complexity index is 1350. The number of nitrogens with one attached hydrogen (secondary N) is 1. The summed E-state index contributed by atoms with van der Waals surface area (Å²) in [6.07, 6.45) is 5.08. The second-order valence-electron chi connectivity index (χ2n) is 9.24. The number of nitrogens with zero attached hydrogens (tertiary/aromatic N) is 4. The molecule has 6 heteroatoms. The molecule has 0 radical (unpaired) electrons. The topological polar surface area (TPSA) is 74.0 Å². The molecule has 1 amide bonds. The molecule has 0 unspecified atom stereocenters. The first-order chi connectivity index (χ1) is 17.7. The molecule has 2 heterocycles. The Hall–Kier alpha value is -4.21. The van der Waals surface area contributed by atoms with E-state index in [1.807, 2.05) is 55.0 Å². The zero-order valence-electron chi connectivity index (χ0n) is 20.2. The van der Waals surface area contributed by atoms with Crippen molar-refractivity contribution in [2.75, 3.05) is 6.54 Å². The summed E-state index contributed by atoms with van der Waals surface area (Å²) in [5.74, 6) is 0.0681. The predicted molar refractivity (Wildman–Crippen MR) is 139 cm³/mol. The van der Waals surface area contributed by atoms with Crippen molar-refractivity contribution in [3.63, 3.8) is 0 Å². The lowest BCUT2D eigenvalue weighted by atomic mass is 9.93. The first kappa shape index (κ1) is 23.5. The third-order valence-electron chi connectivity index (χ3n) is 6.79. The lowest BCUT2D eigenvalue weighted by molar-refractivity contribution is -0.127. The minimum Gasteiger partial charge on any atom is -0.354 e. The number of aromatic nitrogens is 2. The molecule has 180 valence electrons. The third-order valence-corrected chi connectivity index (χ3v) is 6.79. The number of amides is 1. The molecule has 0 fully saturated rings. The summed E-state index contributed by atoms with van der Waals surface area (Å²) >= 11 is 0. The average molecular weight is 476 g/mol. The molecule has 0 bridgehead atoms. The first-order valence-electron chi connectivity index (χ1n) is 12.3. The maximum Gasteiger partial charge on any atom is 0.237 e. The van der Waals surface area contributed by atoms with E-state index in [-0.39, 0.29) is 11.9 Å². The van der Waals surface area contributed by atoms with Crippen LogP contribution in [0.25, 0.3) is 0 Å². The molecule has 0 saturated carbocycles. The van der Waals surface area contributed by atoms with Crippen LogP contribution in [0.2, 0.25) is 0 Å². The highest BCUT2D eigenvalue weighted by Crippen LogP contribution is 2.25. The minimum absolute atomic E-state index is 0.0681. The molecule has 36 heavy (non-hydrogen) atoms. The van der Waals surface area contributed by atoms with Crippen LogP contribution in [0.1, 0.15) is 33.5 Å². The van der Waals surface area contributed by atoms with E-state index in [1.165, 1.54) is 16.7 Å². The largest absolute Gasteiger partial charge is 0.354 e. The number of hydrogen-bond acceptors (Lipinski definition) is 4. The Morgan fingerprint density at radius 2 is 1.67 bits per heavy atom. The van der Waals surface area contributed by atoms with E-state index in [4.69, 9.17) is 5.26 Å². The van der Waals surface area contributed by atoms with Crippen LogP contribution >= 0.6 is 0 Å². The van der Waals surface area contributed by atoms with Crippen LogP contribution in [0.3, 0.4) is 0 Å². The fourth-order valence-electron chi connectivity index (χ4n) is 4.83. The van der Waals surface area contributed by atoms with E-state index in [1.54, 1.807) is 0 Å². The van der Waals surface area contributed by atoms with Crippen LogP contribution in [0.15, 0.2) is 91.4 Å². The van der Waals surface area contributed by atoms with Crippen LogP contribution in [0.4, 0.5) is 0 Å². The van der Waals surface area contributed by atoms with Crippen molar-refractivity contribution in [3.8, 4) is 6.07 Å². The molecule has 1 N–H and O–H groups in total. The summed E-state index contributed by atoms with van der Waals surface area (Å²) in [6.45, 7) is 2.74. The van der Waals surface area contributed by atoms with Gasteiger partial charge in [-0.1, -0.05) is 66.7 Å². The highest BCUT2D eigenvalue weighted by Gasteiger charge is 2.31. The number of rotatable bonds is 8. The van der Waals surface area contributed by atoms with E-state index in [0.717, 1.165) is 24.3 Å². The molecule has 1 aromatic heterocycles. The second kappa shape index (κ2) is 11.0. The second-order valence-corrected chi connectivity index (χ2v) is 9.24. The quantitative estimate of drug-likeness (QED) is 0.417. The molecule has 6 nitrogen and oxygen atoms in total. The van der Waals surface area contributed by atoms with E-state index < -0.39 is 0 Å². The van der Waals surface area contributed by atoms with Gasteiger partial charge in [0.2, 0.25) is 5.91 Å². The van der Waals surface area contributed by atoms with Crippen LogP contribution in [-0.4, -0.2) is 32.9 Å². The lowest BCUT2D eigenvalue weighted by Crippen LogP contribution is -2.50. The van der Waals surface area contributed by atoms with Gasteiger partial charge in [-0.3, -0.25) is 9.69 Å². The molecule has 3 aromatic carbocycles. The number of imidazole rings is 1. The van der Waals surface area contributed by atoms with Crippen LogP contribution < -0.4 is 5.32 Å². The molecule has 1 atom stereocenters. The smallest absolute Gasteiger partial charge is 0.237 e. The average Bonchev–Trinajstić information content (AvgIpc) is 3.36. The Morgan fingerprint density at radius 3 is 2.44 bits per heavy atom. The summed E-state index contributed by atoms with van der Waals surface area (Å²) in [5.41, 5.74) is 6.58. The van der Waals surface area contributed by atoms with Crippen molar-refractivity contribution < 1.29 is 4.79 Å². The first-order valence-corrected chi connectivity index (χ1v) is 12.3. The fraction of sp³-hybridized carbons (Fsp3) is 0.233. The zero-order chi connectivity index (χ0) is 24.7. The molecule has 5 rings (SSSR count). The Balaban J connectivity index is 1.22. The van der Waals surface area contributed by atoms with Gasteiger partial charge in [0.15, 0.2) is 0 Å². The highest BCUT2D eigenvalue weighted by molar-refractivity contribution is 5.82. The molecular formula is C30H29N5O. The van der Waals surface area contributed by atoms with Crippen LogP contribution in [0.5, 0.6) is 0 Å². The van der Waals surface area contributed by atoms with Gasteiger partial charge in [0.05, 0.1) is 24.0 Å². The van der Waals surface area contributed by atoms with Gasteiger partial charge in [-0.25, -0.2) is 4.98 Å². The van der Waals surface area contributed by atoms with Gasteiger partial charge < -0.3 is 9.88 Å². The Labute approximate surface area is 211 Å². The zero-order valence-corrected chi connectivity index (χ0v) is 20.2. The van der Waals surface area contributed by atoms with Crippen molar-refractivity contribution in [1.82, 2.24) is 19.8 Å². The van der Waals surface area contributed by atoms with Gasteiger partial charge in [-0.2, -0.15) is 5.26 Å².